The Labute approximate surface area is 104 Å². The Bertz CT molecular complexity index is 439. The van der Waals surface area contributed by atoms with Crippen molar-refractivity contribution in [1.82, 2.24) is 10.3 Å². The van der Waals surface area contributed by atoms with Crippen molar-refractivity contribution in [2.24, 2.45) is 0 Å². The van der Waals surface area contributed by atoms with Crippen LogP contribution in [0.4, 0.5) is 5.13 Å². The van der Waals surface area contributed by atoms with Gasteiger partial charge in [-0.2, -0.15) is 0 Å². The molecule has 90 valence electrons. The highest BCUT2D eigenvalue weighted by atomic mass is 32.1. The van der Waals surface area contributed by atoms with E-state index < -0.39 is 0 Å². The van der Waals surface area contributed by atoms with E-state index in [1.54, 1.807) is 17.4 Å². The number of carbonyl (C=O) groups is 1. The molecular weight excluding hydrogens is 234 g/mol. The number of amides is 1. The van der Waals surface area contributed by atoms with Crippen LogP contribution in [0.1, 0.15) is 17.5 Å². The third-order valence-electron chi connectivity index (χ3n) is 2.38. The van der Waals surface area contributed by atoms with Crippen molar-refractivity contribution in [3.05, 3.63) is 34.9 Å². The van der Waals surface area contributed by atoms with Gasteiger partial charge in [0.25, 0.3) is 0 Å². The molecule has 0 radical (unpaired) electrons. The van der Waals surface area contributed by atoms with Crippen LogP contribution >= 0.6 is 11.3 Å². The van der Waals surface area contributed by atoms with Gasteiger partial charge in [0.1, 0.15) is 0 Å². The number of fused-ring (bicyclic) bond motifs is 1. The third-order valence-corrected chi connectivity index (χ3v) is 3.40. The molecule has 1 aromatic rings. The summed E-state index contributed by atoms with van der Waals surface area (Å²) in [6, 6.07) is 0. The first-order valence-corrected chi connectivity index (χ1v) is 6.41. The number of thiazole rings is 1. The van der Waals surface area contributed by atoms with Gasteiger partial charge in [0.2, 0.25) is 5.91 Å². The summed E-state index contributed by atoms with van der Waals surface area (Å²) in [4.78, 5) is 17.2. The fourth-order valence-electron chi connectivity index (χ4n) is 1.58. The summed E-state index contributed by atoms with van der Waals surface area (Å²) >= 11 is 1.55. The summed E-state index contributed by atoms with van der Waals surface area (Å²) in [5.41, 5.74) is 1.11. The molecule has 4 nitrogen and oxygen atoms in total. The Kier molecular flexibility index (Phi) is 4.06. The second-order valence-electron chi connectivity index (χ2n) is 3.69. The zero-order valence-corrected chi connectivity index (χ0v) is 10.5. The monoisotopic (exact) mass is 249 g/mol. The van der Waals surface area contributed by atoms with E-state index in [0.29, 0.717) is 5.13 Å². The molecule has 1 aliphatic heterocycles. The van der Waals surface area contributed by atoms with Crippen LogP contribution < -0.4 is 10.6 Å². The molecule has 0 saturated carbocycles. The van der Waals surface area contributed by atoms with Crippen LogP contribution in [0.25, 0.3) is 0 Å². The molecule has 1 aliphatic rings. The largest absolute Gasteiger partial charge is 0.311 e. The standard InChI is InChI=1S/C12H15N3OS/c1-2-3-4-5-11(16)15-12-14-9-6-7-13-8-10(9)17-12/h2-5,13H,6-8H2,1H3,(H,14,15,16)/b3-2+,5-4+. The van der Waals surface area contributed by atoms with Gasteiger partial charge in [0.15, 0.2) is 5.13 Å². The first kappa shape index (κ1) is 12.0. The van der Waals surface area contributed by atoms with Gasteiger partial charge in [-0.05, 0) is 6.92 Å². The van der Waals surface area contributed by atoms with E-state index in [0.717, 1.165) is 25.2 Å². The van der Waals surface area contributed by atoms with E-state index >= 15 is 0 Å². The molecule has 0 spiro atoms. The van der Waals surface area contributed by atoms with Crippen LogP contribution in [-0.2, 0) is 17.8 Å². The zero-order valence-electron chi connectivity index (χ0n) is 9.69. The number of carbonyl (C=O) groups excluding carboxylic acids is 1. The van der Waals surface area contributed by atoms with Crippen LogP contribution in [0.3, 0.4) is 0 Å². The van der Waals surface area contributed by atoms with Gasteiger partial charge in [0, 0.05) is 30.5 Å². The van der Waals surface area contributed by atoms with Crippen LogP contribution in [0.15, 0.2) is 24.3 Å². The van der Waals surface area contributed by atoms with Gasteiger partial charge in [-0.1, -0.05) is 18.2 Å². The highest BCUT2D eigenvalue weighted by Gasteiger charge is 2.15. The fourth-order valence-corrected chi connectivity index (χ4v) is 2.56. The number of nitrogens with one attached hydrogen (secondary N) is 2. The molecule has 17 heavy (non-hydrogen) atoms. The van der Waals surface area contributed by atoms with Crippen molar-refractivity contribution >= 4 is 22.4 Å². The number of rotatable bonds is 3. The topological polar surface area (TPSA) is 54.0 Å². The lowest BCUT2D eigenvalue weighted by Crippen LogP contribution is -2.22. The van der Waals surface area contributed by atoms with Crippen LogP contribution in [0, 0.1) is 0 Å². The molecule has 0 saturated heterocycles. The average molecular weight is 249 g/mol. The zero-order chi connectivity index (χ0) is 12.1. The Morgan fingerprint density at radius 1 is 1.53 bits per heavy atom. The molecule has 5 heteroatoms. The minimum Gasteiger partial charge on any atom is -0.311 e. The van der Waals surface area contributed by atoms with Gasteiger partial charge in [-0.15, -0.1) is 11.3 Å². The van der Waals surface area contributed by atoms with Crippen LogP contribution in [0.2, 0.25) is 0 Å². The van der Waals surface area contributed by atoms with Crippen molar-refractivity contribution in [2.45, 2.75) is 19.9 Å². The number of hydrogen-bond donors (Lipinski definition) is 2. The third kappa shape index (κ3) is 3.25. The first-order valence-electron chi connectivity index (χ1n) is 5.59. The van der Waals surface area contributed by atoms with E-state index in [1.165, 1.54) is 11.0 Å². The summed E-state index contributed by atoms with van der Waals surface area (Å²) in [6.45, 7) is 3.73. The van der Waals surface area contributed by atoms with Crippen LogP contribution in [-0.4, -0.2) is 17.4 Å². The molecule has 2 N–H and O–H groups in total. The van der Waals surface area contributed by atoms with Crippen molar-refractivity contribution in [1.29, 1.82) is 0 Å². The highest BCUT2D eigenvalue weighted by molar-refractivity contribution is 7.15. The molecule has 0 aromatic carbocycles. The summed E-state index contributed by atoms with van der Waals surface area (Å²) < 4.78 is 0. The summed E-state index contributed by atoms with van der Waals surface area (Å²) in [5.74, 6) is -0.137. The second kappa shape index (κ2) is 5.75. The lowest BCUT2D eigenvalue weighted by atomic mass is 10.2. The maximum absolute atomic E-state index is 11.5. The van der Waals surface area contributed by atoms with E-state index in [1.807, 2.05) is 19.1 Å². The van der Waals surface area contributed by atoms with Gasteiger partial charge in [-0.25, -0.2) is 4.98 Å². The average Bonchev–Trinajstić information content (AvgIpc) is 2.71. The second-order valence-corrected chi connectivity index (χ2v) is 4.77. The van der Waals surface area contributed by atoms with E-state index in [4.69, 9.17) is 0 Å². The molecule has 0 atom stereocenters. The molecule has 2 heterocycles. The van der Waals surface area contributed by atoms with Gasteiger partial charge < -0.3 is 5.32 Å². The van der Waals surface area contributed by atoms with Crippen molar-refractivity contribution in [3.63, 3.8) is 0 Å². The quantitative estimate of drug-likeness (QED) is 0.635. The van der Waals surface area contributed by atoms with E-state index in [-0.39, 0.29) is 5.91 Å². The smallest absolute Gasteiger partial charge is 0.250 e. The lowest BCUT2D eigenvalue weighted by Gasteiger charge is -2.09. The summed E-state index contributed by atoms with van der Waals surface area (Å²) in [5, 5.41) is 6.75. The number of aromatic nitrogens is 1. The van der Waals surface area contributed by atoms with E-state index in [9.17, 15) is 4.79 Å². The number of anilines is 1. The Morgan fingerprint density at radius 3 is 3.18 bits per heavy atom. The van der Waals surface area contributed by atoms with Crippen molar-refractivity contribution in [3.8, 4) is 0 Å². The maximum Gasteiger partial charge on any atom is 0.250 e. The highest BCUT2D eigenvalue weighted by Crippen LogP contribution is 2.25. The molecule has 0 aliphatic carbocycles. The molecule has 1 amide bonds. The van der Waals surface area contributed by atoms with E-state index in [2.05, 4.69) is 15.6 Å². The molecule has 2 rings (SSSR count). The van der Waals surface area contributed by atoms with Gasteiger partial charge in [0.05, 0.1) is 5.69 Å². The van der Waals surface area contributed by atoms with Gasteiger partial charge in [-0.3, -0.25) is 10.1 Å². The minimum absolute atomic E-state index is 0.137. The molecule has 0 bridgehead atoms. The SMILES string of the molecule is C/C=C/C=C/C(=O)Nc1nc2c(s1)CNCC2. The van der Waals surface area contributed by atoms with Crippen LogP contribution in [0.5, 0.6) is 0 Å². The minimum atomic E-state index is -0.137. The molecule has 0 fully saturated rings. The molecular formula is C12H15N3OS. The number of nitrogens with zero attached hydrogens (tertiary/aromatic N) is 1. The Morgan fingerprint density at radius 2 is 2.41 bits per heavy atom. The fraction of sp³-hybridized carbons (Fsp3) is 0.333. The number of allylic oxidation sites excluding steroid dienone is 3. The first-order chi connectivity index (χ1) is 8.29. The summed E-state index contributed by atoms with van der Waals surface area (Å²) in [7, 11) is 0. The number of hydrogen-bond acceptors (Lipinski definition) is 4. The Balaban J connectivity index is 1.99. The molecule has 0 unspecified atom stereocenters. The van der Waals surface area contributed by atoms with Crippen molar-refractivity contribution < 1.29 is 4.79 Å². The predicted molar refractivity (Wildman–Crippen MR) is 70.1 cm³/mol. The predicted octanol–water partition coefficient (Wildman–Crippen LogP) is 1.86. The normalized spacial score (nSPS) is 15.4. The summed E-state index contributed by atoms with van der Waals surface area (Å²) in [6.07, 6.45) is 7.84. The van der Waals surface area contributed by atoms with Gasteiger partial charge >= 0.3 is 0 Å². The van der Waals surface area contributed by atoms with Crippen molar-refractivity contribution in [2.75, 3.05) is 11.9 Å². The maximum atomic E-state index is 11.5. The Hall–Kier alpha value is -1.46. The lowest BCUT2D eigenvalue weighted by molar-refractivity contribution is -0.111. The molecule has 1 aromatic heterocycles.